The molecule has 3 rings (SSSR count). The first-order valence-electron chi connectivity index (χ1n) is 8.36. The van der Waals surface area contributed by atoms with E-state index in [2.05, 4.69) is 22.6 Å². The Bertz CT molecular complexity index is 716. The van der Waals surface area contributed by atoms with Gasteiger partial charge in [0, 0.05) is 19.7 Å². The first kappa shape index (κ1) is 16.4. The van der Waals surface area contributed by atoms with E-state index in [0.29, 0.717) is 12.5 Å². The average Bonchev–Trinajstić information content (AvgIpc) is 3.17. The summed E-state index contributed by atoms with van der Waals surface area (Å²) in [5.41, 5.74) is 0. The molecule has 0 spiro atoms. The zero-order valence-corrected chi connectivity index (χ0v) is 14.2. The number of rotatable bonds is 5. The fourth-order valence-corrected chi connectivity index (χ4v) is 2.93. The van der Waals surface area contributed by atoms with Crippen LogP contribution < -0.4 is 5.32 Å². The van der Waals surface area contributed by atoms with Crippen LogP contribution in [0.5, 0.6) is 0 Å². The van der Waals surface area contributed by atoms with Gasteiger partial charge in [0.1, 0.15) is 17.3 Å². The number of urea groups is 1. The zero-order chi connectivity index (χ0) is 16.9. The number of hydrogen-bond acceptors (Lipinski definition) is 3. The number of aromatic nitrogens is 2. The lowest BCUT2D eigenvalue weighted by Gasteiger charge is -2.20. The highest BCUT2D eigenvalue weighted by atomic mass is 16.3. The lowest BCUT2D eigenvalue weighted by Crippen LogP contribution is -2.31. The van der Waals surface area contributed by atoms with E-state index in [9.17, 15) is 4.79 Å². The molecule has 0 bridgehead atoms. The van der Waals surface area contributed by atoms with Crippen molar-refractivity contribution in [2.45, 2.75) is 39.3 Å². The topological polar surface area (TPSA) is 63.3 Å². The average molecular weight is 328 g/mol. The number of carbonyl (C=O) groups is 1. The van der Waals surface area contributed by atoms with Crippen molar-refractivity contribution < 1.29 is 9.21 Å². The summed E-state index contributed by atoms with van der Waals surface area (Å²) in [4.78, 5) is 14.0. The van der Waals surface area contributed by atoms with Crippen molar-refractivity contribution >= 4 is 11.8 Å². The molecule has 0 saturated carbocycles. The molecule has 128 valence electrons. The smallest absolute Gasteiger partial charge is 0.323 e. The second-order valence-corrected chi connectivity index (χ2v) is 6.35. The number of anilines is 1. The Balaban J connectivity index is 1.58. The predicted octanol–water partition coefficient (Wildman–Crippen LogP) is 3.80. The maximum Gasteiger partial charge on any atom is 0.323 e. The molecule has 1 aliphatic rings. The molecule has 1 atom stereocenters. The summed E-state index contributed by atoms with van der Waals surface area (Å²) in [6.45, 7) is 3.15. The molecule has 2 heterocycles. The standard InChI is InChI=1S/C18H24N4O2/c1-14-8-9-16(24-14)13-21(2)18(23)20-17-10-11-19-22(17)12-15-6-4-3-5-7-15/h3-4,8-11,15H,5-7,12-13H2,1-2H3,(H,20,23). The Kier molecular flexibility index (Phi) is 5.03. The van der Waals surface area contributed by atoms with E-state index in [4.69, 9.17) is 4.42 Å². The summed E-state index contributed by atoms with van der Waals surface area (Å²) in [5, 5.41) is 7.29. The molecule has 1 N–H and O–H groups in total. The molecule has 6 nitrogen and oxygen atoms in total. The lowest BCUT2D eigenvalue weighted by atomic mass is 9.94. The van der Waals surface area contributed by atoms with Gasteiger partial charge in [-0.3, -0.25) is 5.32 Å². The van der Waals surface area contributed by atoms with Gasteiger partial charge in [-0.05, 0) is 44.2 Å². The van der Waals surface area contributed by atoms with Crippen molar-refractivity contribution in [3.05, 3.63) is 48.1 Å². The molecule has 2 aromatic rings. The molecule has 2 aromatic heterocycles. The SMILES string of the molecule is Cc1ccc(CN(C)C(=O)Nc2ccnn2CC2CC=CCC2)o1. The minimum Gasteiger partial charge on any atom is -0.464 e. The Morgan fingerprint density at radius 3 is 3.00 bits per heavy atom. The van der Waals surface area contributed by atoms with Gasteiger partial charge in [-0.2, -0.15) is 5.10 Å². The van der Waals surface area contributed by atoms with E-state index in [0.717, 1.165) is 36.7 Å². The van der Waals surface area contributed by atoms with Crippen molar-refractivity contribution in [3.8, 4) is 0 Å². The quantitative estimate of drug-likeness (QED) is 0.849. The van der Waals surface area contributed by atoms with Crippen LogP contribution in [-0.2, 0) is 13.1 Å². The van der Waals surface area contributed by atoms with Gasteiger partial charge in [0.05, 0.1) is 12.7 Å². The van der Waals surface area contributed by atoms with Crippen molar-refractivity contribution in [1.82, 2.24) is 14.7 Å². The summed E-state index contributed by atoms with van der Waals surface area (Å²) < 4.78 is 7.40. The van der Waals surface area contributed by atoms with Crippen LogP contribution in [0.4, 0.5) is 10.6 Å². The van der Waals surface area contributed by atoms with E-state index in [1.54, 1.807) is 18.1 Å². The number of amides is 2. The first-order chi connectivity index (χ1) is 11.6. The zero-order valence-electron chi connectivity index (χ0n) is 14.2. The largest absolute Gasteiger partial charge is 0.464 e. The third-order valence-electron chi connectivity index (χ3n) is 4.30. The van der Waals surface area contributed by atoms with Crippen molar-refractivity contribution in [2.24, 2.45) is 5.92 Å². The Morgan fingerprint density at radius 2 is 2.29 bits per heavy atom. The molecule has 0 fully saturated rings. The number of allylic oxidation sites excluding steroid dienone is 2. The summed E-state index contributed by atoms with van der Waals surface area (Å²) in [7, 11) is 1.75. The monoisotopic (exact) mass is 328 g/mol. The predicted molar refractivity (Wildman–Crippen MR) is 92.6 cm³/mol. The van der Waals surface area contributed by atoms with Crippen LogP contribution in [0.3, 0.4) is 0 Å². The van der Waals surface area contributed by atoms with Gasteiger partial charge in [-0.1, -0.05) is 12.2 Å². The number of carbonyl (C=O) groups excluding carboxylic acids is 1. The van der Waals surface area contributed by atoms with E-state index >= 15 is 0 Å². The molecule has 0 saturated heterocycles. The van der Waals surface area contributed by atoms with Gasteiger partial charge in [0.2, 0.25) is 0 Å². The second-order valence-electron chi connectivity index (χ2n) is 6.35. The molecular formula is C18H24N4O2. The second kappa shape index (κ2) is 7.38. The summed E-state index contributed by atoms with van der Waals surface area (Å²) >= 11 is 0. The lowest BCUT2D eigenvalue weighted by molar-refractivity contribution is 0.216. The van der Waals surface area contributed by atoms with Crippen molar-refractivity contribution in [3.63, 3.8) is 0 Å². The van der Waals surface area contributed by atoms with Crippen LogP contribution in [0.2, 0.25) is 0 Å². The highest BCUT2D eigenvalue weighted by Crippen LogP contribution is 2.21. The summed E-state index contributed by atoms with van der Waals surface area (Å²) in [5.74, 6) is 2.93. The minimum atomic E-state index is -0.172. The van der Waals surface area contributed by atoms with E-state index in [1.807, 2.05) is 29.8 Å². The maximum absolute atomic E-state index is 12.4. The molecule has 1 aliphatic carbocycles. The molecule has 6 heteroatoms. The Labute approximate surface area is 142 Å². The minimum absolute atomic E-state index is 0.172. The van der Waals surface area contributed by atoms with E-state index in [1.165, 1.54) is 6.42 Å². The molecule has 1 unspecified atom stereocenters. The number of hydrogen-bond donors (Lipinski definition) is 1. The Morgan fingerprint density at radius 1 is 1.42 bits per heavy atom. The van der Waals surface area contributed by atoms with Gasteiger partial charge >= 0.3 is 6.03 Å². The number of nitrogens with one attached hydrogen (secondary N) is 1. The molecule has 0 aliphatic heterocycles. The van der Waals surface area contributed by atoms with Crippen LogP contribution in [0.25, 0.3) is 0 Å². The molecule has 24 heavy (non-hydrogen) atoms. The van der Waals surface area contributed by atoms with E-state index in [-0.39, 0.29) is 6.03 Å². The number of nitrogens with zero attached hydrogens (tertiary/aromatic N) is 3. The first-order valence-corrected chi connectivity index (χ1v) is 8.36. The van der Waals surface area contributed by atoms with Crippen molar-refractivity contribution in [1.29, 1.82) is 0 Å². The van der Waals surface area contributed by atoms with Gasteiger partial charge in [0.25, 0.3) is 0 Å². The normalized spacial score (nSPS) is 17.0. The molecule has 0 radical (unpaired) electrons. The Hall–Kier alpha value is -2.50. The fraction of sp³-hybridized carbons (Fsp3) is 0.444. The highest BCUT2D eigenvalue weighted by Gasteiger charge is 2.16. The summed E-state index contributed by atoms with van der Waals surface area (Å²) in [6.07, 6.45) is 9.55. The number of furan rings is 1. The molecule has 2 amide bonds. The van der Waals surface area contributed by atoms with Gasteiger partial charge in [-0.15, -0.1) is 0 Å². The third kappa shape index (κ3) is 4.07. The summed E-state index contributed by atoms with van der Waals surface area (Å²) in [6, 6.07) is 5.45. The van der Waals surface area contributed by atoms with Crippen molar-refractivity contribution in [2.75, 3.05) is 12.4 Å². The van der Waals surface area contributed by atoms with Crippen LogP contribution in [-0.4, -0.2) is 27.8 Å². The van der Waals surface area contributed by atoms with Gasteiger partial charge in [0.15, 0.2) is 0 Å². The van der Waals surface area contributed by atoms with Crippen LogP contribution >= 0.6 is 0 Å². The highest BCUT2D eigenvalue weighted by molar-refractivity contribution is 5.88. The molecular weight excluding hydrogens is 304 g/mol. The maximum atomic E-state index is 12.4. The van der Waals surface area contributed by atoms with E-state index < -0.39 is 0 Å². The van der Waals surface area contributed by atoms with Crippen LogP contribution in [0, 0.1) is 12.8 Å². The fourth-order valence-electron chi connectivity index (χ4n) is 2.93. The van der Waals surface area contributed by atoms with Gasteiger partial charge in [-0.25, -0.2) is 9.48 Å². The van der Waals surface area contributed by atoms with Crippen LogP contribution in [0.15, 0.2) is 41.0 Å². The van der Waals surface area contributed by atoms with Gasteiger partial charge < -0.3 is 9.32 Å². The number of aryl methyl sites for hydroxylation is 1. The van der Waals surface area contributed by atoms with Crippen LogP contribution in [0.1, 0.15) is 30.8 Å². The third-order valence-corrected chi connectivity index (χ3v) is 4.30. The molecule has 0 aromatic carbocycles.